The van der Waals surface area contributed by atoms with Gasteiger partial charge in [-0.3, -0.25) is 52.7 Å². The minimum atomic E-state index is -1.60. The van der Waals surface area contributed by atoms with Crippen molar-refractivity contribution in [2.24, 2.45) is 35.5 Å². The van der Waals surface area contributed by atoms with E-state index in [0.717, 1.165) is 16.9 Å². The van der Waals surface area contributed by atoms with Crippen LogP contribution in [0.15, 0.2) is 66.4 Å². The Balaban J connectivity index is 1.99. The number of likely N-dealkylation sites (tertiary alicyclic amines) is 1. The van der Waals surface area contributed by atoms with Gasteiger partial charge in [-0.25, -0.2) is 0 Å². The monoisotopic (exact) mass is 1450 g/mol. The lowest BCUT2D eigenvalue weighted by Gasteiger charge is -2.36. The highest BCUT2D eigenvalue weighted by molar-refractivity contribution is 6.04. The number of rotatable bonds is 22. The molecule has 0 radical (unpaired) electrons. The van der Waals surface area contributed by atoms with E-state index in [9.17, 15) is 34.2 Å². The number of benzene rings is 2. The molecule has 2 aromatic carbocycles. The predicted octanol–water partition coefficient (Wildman–Crippen LogP) is 4.85. The second-order valence-corrected chi connectivity index (χ2v) is 30.5. The summed E-state index contributed by atoms with van der Waals surface area (Å²) in [6.07, 6.45) is 3.77. The predicted molar refractivity (Wildman–Crippen MR) is 401 cm³/mol. The molecule has 0 saturated carbocycles. The largest absolute Gasteiger partial charge is 0.394 e. The fourth-order valence-corrected chi connectivity index (χ4v) is 13.2. The van der Waals surface area contributed by atoms with Gasteiger partial charge in [0.05, 0.1) is 50.8 Å². The standard InChI is InChI=1S/C78H126N12O14/c1-18-19-33-90-48-68(94)85(14)63(40-52(6)7)70(95)80-46-58(49-104-37-36-91)73(98)88(17)66(44-57-31-25-21-26-32-57)77(102)87(16)64(41-53(8)9)71(96)82-62(76(101)89-34-27-22-28-35-89)45-67(93)81-61(39-51(4)5)75(100)84(13)59(38-50(2)3)47-79-60(43-56-29-23-20-24-30-56)74(99)86(15)65(42-54(10)11)72(97)83-69(55(12)92)78(90)103/h20-21,23-26,29-32,44,50-55,58-65,69,79,91-92H,18-19,22,27-28,33-43,45-49H2,1-17H3,(H,80,95)(H,81,93)(H,82,96)(H,83,97)/b66-44+/t55-,58+,59+,60+,61-,62+,63+,64+,65+,69+/m1/s1. The van der Waals surface area contributed by atoms with Gasteiger partial charge in [-0.05, 0) is 118 Å². The van der Waals surface area contributed by atoms with Crippen molar-refractivity contribution in [1.29, 1.82) is 0 Å². The third-order valence-electron chi connectivity index (χ3n) is 19.2. The topological polar surface area (TPSA) is 320 Å². The Morgan fingerprint density at radius 1 is 0.596 bits per heavy atom. The number of carbonyl (C=O) groups is 11. The molecule has 2 aromatic rings. The number of unbranched alkanes of at least 4 members (excludes halogenated alkanes) is 1. The molecule has 26 nitrogen and oxygen atoms in total. The van der Waals surface area contributed by atoms with E-state index < -0.39 is 151 Å². The molecule has 4 rings (SSSR count). The fraction of sp³-hybridized carbons (Fsp3) is 0.679. The normalized spacial score (nSPS) is 24.4. The van der Waals surface area contributed by atoms with Crippen LogP contribution >= 0.6 is 0 Å². The summed E-state index contributed by atoms with van der Waals surface area (Å²) in [7, 11) is 7.37. The van der Waals surface area contributed by atoms with E-state index in [2.05, 4.69) is 26.6 Å². The Hall–Kier alpha value is -7.81. The molecule has 0 unspecified atom stereocenters. The van der Waals surface area contributed by atoms with Gasteiger partial charge in [0, 0.05) is 74.0 Å². The Morgan fingerprint density at radius 2 is 1.13 bits per heavy atom. The van der Waals surface area contributed by atoms with Crippen LogP contribution in [0.5, 0.6) is 0 Å². The van der Waals surface area contributed by atoms with Crippen molar-refractivity contribution in [2.45, 2.75) is 215 Å². The molecule has 104 heavy (non-hydrogen) atoms. The highest BCUT2D eigenvalue weighted by Gasteiger charge is 2.42. The average Bonchev–Trinajstić information content (AvgIpc) is 0.820. The summed E-state index contributed by atoms with van der Waals surface area (Å²) in [4.78, 5) is 175. The molecule has 2 heterocycles. The summed E-state index contributed by atoms with van der Waals surface area (Å²) in [5.41, 5.74) is 1.10. The van der Waals surface area contributed by atoms with Crippen molar-refractivity contribution in [3.05, 3.63) is 77.5 Å². The highest BCUT2D eigenvalue weighted by Crippen LogP contribution is 2.24. The van der Waals surface area contributed by atoms with Gasteiger partial charge >= 0.3 is 0 Å². The van der Waals surface area contributed by atoms with Crippen LogP contribution in [0.4, 0.5) is 0 Å². The molecule has 0 aliphatic carbocycles. The van der Waals surface area contributed by atoms with Crippen LogP contribution in [0.25, 0.3) is 6.08 Å². The molecular formula is C78H126N12O14. The summed E-state index contributed by atoms with van der Waals surface area (Å²) in [6, 6.07) is 8.58. The van der Waals surface area contributed by atoms with E-state index in [1.165, 1.54) is 60.8 Å². The second kappa shape index (κ2) is 44.2. The number of aliphatic hydroxyl groups excluding tert-OH is 2. The number of nitrogens with zero attached hydrogens (tertiary/aromatic N) is 7. The molecule has 2 fully saturated rings. The molecular weight excluding hydrogens is 1330 g/mol. The summed E-state index contributed by atoms with van der Waals surface area (Å²) >= 11 is 0. The van der Waals surface area contributed by atoms with Gasteiger partial charge in [0.2, 0.25) is 59.1 Å². The number of piperidine rings is 1. The van der Waals surface area contributed by atoms with E-state index in [4.69, 9.17) is 4.74 Å². The van der Waals surface area contributed by atoms with Crippen LogP contribution < -0.4 is 26.6 Å². The number of aliphatic hydroxyl groups is 2. The lowest BCUT2D eigenvalue weighted by Crippen LogP contribution is -2.61. The van der Waals surface area contributed by atoms with Gasteiger partial charge in [-0.2, -0.15) is 0 Å². The highest BCUT2D eigenvalue weighted by atomic mass is 16.5. The maximum Gasteiger partial charge on any atom is 0.271 e. The van der Waals surface area contributed by atoms with Crippen molar-refractivity contribution in [3.63, 3.8) is 0 Å². The third kappa shape index (κ3) is 27.9. The fourth-order valence-electron chi connectivity index (χ4n) is 13.2. The number of ether oxygens (including phenoxy) is 1. The van der Waals surface area contributed by atoms with Crippen molar-refractivity contribution < 1.29 is 67.7 Å². The smallest absolute Gasteiger partial charge is 0.271 e. The maximum atomic E-state index is 15.5. The van der Waals surface area contributed by atoms with Gasteiger partial charge in [0.15, 0.2) is 0 Å². The zero-order chi connectivity index (χ0) is 77.7. The molecule has 2 aliphatic heterocycles. The molecule has 7 N–H and O–H groups in total. The Kier molecular flexibility index (Phi) is 37.7. The van der Waals surface area contributed by atoms with Crippen molar-refractivity contribution in [3.8, 4) is 0 Å². The Morgan fingerprint density at radius 3 is 1.68 bits per heavy atom. The van der Waals surface area contributed by atoms with Gasteiger partial charge in [0.25, 0.3) is 5.91 Å². The molecule has 2 saturated heterocycles. The van der Waals surface area contributed by atoms with Gasteiger partial charge < -0.3 is 75.8 Å². The van der Waals surface area contributed by atoms with Gasteiger partial charge in [-0.1, -0.05) is 143 Å². The van der Waals surface area contributed by atoms with E-state index in [-0.39, 0.29) is 93.7 Å². The zero-order valence-corrected chi connectivity index (χ0v) is 65.3. The number of nitrogens with one attached hydrogen (secondary N) is 5. The van der Waals surface area contributed by atoms with Crippen LogP contribution in [0.2, 0.25) is 0 Å². The van der Waals surface area contributed by atoms with Crippen molar-refractivity contribution in [1.82, 2.24) is 60.9 Å². The quantitative estimate of drug-likeness (QED) is 0.0612. The van der Waals surface area contributed by atoms with E-state index >= 15 is 28.8 Å². The number of likely N-dealkylation sites (N-methyl/N-ethyl adjacent to an activating group) is 5. The minimum absolute atomic E-state index is 0.0182. The van der Waals surface area contributed by atoms with Crippen molar-refractivity contribution in [2.75, 3.05) is 94.3 Å². The van der Waals surface area contributed by atoms with E-state index in [1.807, 2.05) is 106 Å². The molecule has 26 heteroatoms. The first kappa shape index (κ1) is 88.6. The summed E-state index contributed by atoms with van der Waals surface area (Å²) in [6.45, 7) is 21.2. The molecule has 0 bridgehead atoms. The molecule has 2 aliphatic rings. The SMILES string of the molecule is CCCCN1CC(=O)N(C)[C@@H](CC(C)C)C(=O)NC[C@@H](COCCO)C(=O)N(C)/C(=C/c2ccccc2)C(=O)N(C)[C@@H](CC(C)C)C(=O)N[C@H](C(=O)N2CCCCC2)CC(=O)N[C@H](CC(C)C)C(=O)N(C)[C@@H](CC(C)C)CN[C@@H](Cc2ccccc2)C(=O)N(C)[C@@H](CC(C)C)C(=O)N[C@@H]([C@@H](C)O)C1=O. The lowest BCUT2D eigenvalue weighted by molar-refractivity contribution is -0.148. The third-order valence-corrected chi connectivity index (χ3v) is 19.2. The van der Waals surface area contributed by atoms with Crippen LogP contribution in [0, 0.1) is 35.5 Å². The number of hydrogen-bond donors (Lipinski definition) is 7. The summed E-state index contributed by atoms with van der Waals surface area (Å²) in [5.74, 6) is -9.17. The van der Waals surface area contributed by atoms with Crippen LogP contribution in [0.3, 0.4) is 0 Å². The lowest BCUT2D eigenvalue weighted by atomic mass is 9.97. The molecule has 0 spiro atoms. The summed E-state index contributed by atoms with van der Waals surface area (Å²) in [5, 5.41) is 36.3. The Bertz CT molecular complexity index is 3120. The average molecular weight is 1460 g/mol. The zero-order valence-electron chi connectivity index (χ0n) is 65.3. The van der Waals surface area contributed by atoms with Crippen LogP contribution in [0.1, 0.15) is 165 Å². The number of carbonyl (C=O) groups excluding carboxylic acids is 11. The molecule has 582 valence electrons. The number of amides is 11. The first-order chi connectivity index (χ1) is 49.1. The minimum Gasteiger partial charge on any atom is -0.394 e. The maximum absolute atomic E-state index is 15.5. The van der Waals surface area contributed by atoms with E-state index in [0.29, 0.717) is 50.8 Å². The van der Waals surface area contributed by atoms with Crippen LogP contribution in [-0.2, 0) is 63.9 Å². The molecule has 11 amide bonds. The van der Waals surface area contributed by atoms with Gasteiger partial charge in [-0.15, -0.1) is 0 Å². The molecule has 10 atom stereocenters. The Labute approximate surface area is 618 Å². The second-order valence-electron chi connectivity index (χ2n) is 30.5. The van der Waals surface area contributed by atoms with Crippen LogP contribution in [-0.4, -0.2) is 258 Å². The number of hydrogen-bond acceptors (Lipinski definition) is 15. The first-order valence-corrected chi connectivity index (χ1v) is 37.6. The van der Waals surface area contributed by atoms with Gasteiger partial charge in [0.1, 0.15) is 41.9 Å². The van der Waals surface area contributed by atoms with Crippen molar-refractivity contribution >= 4 is 71.1 Å². The first-order valence-electron chi connectivity index (χ1n) is 37.6. The summed E-state index contributed by atoms with van der Waals surface area (Å²) < 4.78 is 5.77. The molecule has 0 aromatic heterocycles. The van der Waals surface area contributed by atoms with E-state index in [1.54, 1.807) is 47.2 Å².